The van der Waals surface area contributed by atoms with Crippen molar-refractivity contribution in [3.05, 3.63) is 101 Å². The number of amides is 2. The number of anilines is 1. The fraction of sp³-hybridized carbons (Fsp3) is 0.0435. The van der Waals surface area contributed by atoms with E-state index < -0.39 is 17.5 Å². The molecule has 2 heterocycles. The molecule has 1 aliphatic heterocycles. The first-order chi connectivity index (χ1) is 14.5. The Morgan fingerprint density at radius 1 is 1.07 bits per heavy atom. The van der Waals surface area contributed by atoms with Crippen LogP contribution >= 0.6 is 0 Å². The van der Waals surface area contributed by atoms with Crippen molar-refractivity contribution in [3.63, 3.8) is 0 Å². The van der Waals surface area contributed by atoms with Crippen LogP contribution in [0.2, 0.25) is 0 Å². The minimum atomic E-state index is -0.577. The summed E-state index contributed by atoms with van der Waals surface area (Å²) < 4.78 is 13.4. The van der Waals surface area contributed by atoms with Gasteiger partial charge in [-0.05, 0) is 59.7 Å². The average Bonchev–Trinajstić information content (AvgIpc) is 2.75. The molecule has 7 heteroatoms. The second-order valence-corrected chi connectivity index (χ2v) is 6.69. The lowest BCUT2D eigenvalue weighted by Gasteiger charge is -2.19. The molecule has 0 radical (unpaired) electrons. The van der Waals surface area contributed by atoms with Crippen molar-refractivity contribution in [1.82, 2.24) is 10.3 Å². The molecule has 0 saturated heterocycles. The SMILES string of the molecule is O=C1Nc2ccc(C(=O)NCc3ccncc3)cc2C(=O)C1=Cc1cccc(F)c1. The number of Topliss-reactive ketones (excluding diaryl/α,β-unsaturated/α-hetero) is 1. The molecule has 148 valence electrons. The van der Waals surface area contributed by atoms with Crippen molar-refractivity contribution in [2.24, 2.45) is 0 Å². The molecule has 0 saturated carbocycles. The van der Waals surface area contributed by atoms with Crippen molar-refractivity contribution in [3.8, 4) is 0 Å². The molecule has 0 fully saturated rings. The third kappa shape index (κ3) is 4.00. The highest BCUT2D eigenvalue weighted by molar-refractivity contribution is 6.36. The first-order valence-corrected chi connectivity index (χ1v) is 9.16. The highest BCUT2D eigenvalue weighted by Gasteiger charge is 2.29. The van der Waals surface area contributed by atoms with E-state index >= 15 is 0 Å². The number of nitrogens with zero attached hydrogens (tertiary/aromatic N) is 1. The molecule has 0 spiro atoms. The van der Waals surface area contributed by atoms with Gasteiger partial charge in [0.1, 0.15) is 5.82 Å². The molecule has 30 heavy (non-hydrogen) atoms. The van der Waals surface area contributed by atoms with Gasteiger partial charge in [-0.1, -0.05) is 12.1 Å². The number of fused-ring (bicyclic) bond motifs is 1. The Hall–Kier alpha value is -4.13. The molecule has 2 amide bonds. The first kappa shape index (κ1) is 19.2. The van der Waals surface area contributed by atoms with E-state index in [0.717, 1.165) is 5.56 Å². The number of hydrogen-bond donors (Lipinski definition) is 2. The van der Waals surface area contributed by atoms with Crippen molar-refractivity contribution < 1.29 is 18.8 Å². The van der Waals surface area contributed by atoms with Crippen LogP contribution in [0.25, 0.3) is 6.08 Å². The number of halogens is 1. The second kappa shape index (κ2) is 8.08. The van der Waals surface area contributed by atoms with E-state index in [1.54, 1.807) is 30.6 Å². The van der Waals surface area contributed by atoms with Gasteiger partial charge in [0.15, 0.2) is 0 Å². The zero-order chi connectivity index (χ0) is 21.1. The van der Waals surface area contributed by atoms with Crippen molar-refractivity contribution >= 4 is 29.4 Å². The Kier molecular flexibility index (Phi) is 5.17. The predicted molar refractivity (Wildman–Crippen MR) is 109 cm³/mol. The molecule has 6 nitrogen and oxygen atoms in total. The van der Waals surface area contributed by atoms with E-state index in [9.17, 15) is 18.8 Å². The molecular formula is C23H16FN3O3. The van der Waals surface area contributed by atoms with E-state index in [2.05, 4.69) is 15.6 Å². The van der Waals surface area contributed by atoms with Gasteiger partial charge >= 0.3 is 0 Å². The van der Waals surface area contributed by atoms with Crippen LogP contribution in [0.4, 0.5) is 10.1 Å². The van der Waals surface area contributed by atoms with Gasteiger partial charge in [-0.15, -0.1) is 0 Å². The molecule has 1 aromatic heterocycles. The van der Waals surface area contributed by atoms with Gasteiger partial charge in [-0.2, -0.15) is 0 Å². The summed E-state index contributed by atoms with van der Waals surface area (Å²) in [6.45, 7) is 0.313. The number of rotatable bonds is 4. The fourth-order valence-corrected chi connectivity index (χ4v) is 3.10. The molecule has 0 bridgehead atoms. The zero-order valence-electron chi connectivity index (χ0n) is 15.7. The Balaban J connectivity index is 1.59. The number of hydrogen-bond acceptors (Lipinski definition) is 4. The van der Waals surface area contributed by atoms with Crippen LogP contribution in [0.3, 0.4) is 0 Å². The molecule has 0 aliphatic carbocycles. The normalized spacial score (nSPS) is 14.2. The maximum Gasteiger partial charge on any atom is 0.259 e. The molecule has 3 aromatic rings. The molecule has 2 N–H and O–H groups in total. The summed E-state index contributed by atoms with van der Waals surface area (Å²) in [7, 11) is 0. The Bertz CT molecular complexity index is 1190. The van der Waals surface area contributed by atoms with Gasteiger partial charge in [0.2, 0.25) is 5.78 Å². The van der Waals surface area contributed by atoms with E-state index in [0.29, 0.717) is 17.8 Å². The Labute approximate surface area is 171 Å². The largest absolute Gasteiger partial charge is 0.348 e. The van der Waals surface area contributed by atoms with Gasteiger partial charge in [-0.25, -0.2) is 4.39 Å². The standard InChI is InChI=1S/C23H16FN3O3/c24-17-3-1-2-15(10-17)11-19-21(28)18-12-16(4-5-20(18)27-23(19)30)22(29)26-13-14-6-8-25-9-7-14/h1-12H,13H2,(H,26,29)(H,27,30). The highest BCUT2D eigenvalue weighted by Crippen LogP contribution is 2.27. The van der Waals surface area contributed by atoms with Crippen LogP contribution < -0.4 is 10.6 Å². The number of benzene rings is 2. The van der Waals surface area contributed by atoms with E-state index in [-0.39, 0.29) is 22.6 Å². The molecule has 0 atom stereocenters. The van der Waals surface area contributed by atoms with E-state index in [1.807, 2.05) is 0 Å². The van der Waals surface area contributed by atoms with E-state index in [1.165, 1.54) is 42.5 Å². The smallest absolute Gasteiger partial charge is 0.259 e. The lowest BCUT2D eigenvalue weighted by atomic mass is 9.93. The number of carbonyl (C=O) groups excluding carboxylic acids is 3. The third-order valence-electron chi connectivity index (χ3n) is 4.63. The maximum atomic E-state index is 13.4. The molecule has 1 aliphatic rings. The summed E-state index contributed by atoms with van der Waals surface area (Å²) in [4.78, 5) is 41.7. The van der Waals surface area contributed by atoms with Crippen molar-refractivity contribution in [2.45, 2.75) is 6.54 Å². The van der Waals surface area contributed by atoms with Crippen LogP contribution in [-0.2, 0) is 11.3 Å². The summed E-state index contributed by atoms with van der Waals surface area (Å²) in [6, 6.07) is 13.7. The lowest BCUT2D eigenvalue weighted by molar-refractivity contribution is -0.112. The minimum Gasteiger partial charge on any atom is -0.348 e. The summed E-state index contributed by atoms with van der Waals surface area (Å²) in [5, 5.41) is 5.42. The van der Waals surface area contributed by atoms with Gasteiger partial charge < -0.3 is 10.6 Å². The number of ketones is 1. The Morgan fingerprint density at radius 3 is 2.63 bits per heavy atom. The first-order valence-electron chi connectivity index (χ1n) is 9.16. The number of aromatic nitrogens is 1. The van der Waals surface area contributed by atoms with E-state index in [4.69, 9.17) is 0 Å². The summed E-state index contributed by atoms with van der Waals surface area (Å²) in [5.74, 6) is -1.93. The molecule has 4 rings (SSSR count). The minimum absolute atomic E-state index is 0.123. The fourth-order valence-electron chi connectivity index (χ4n) is 3.10. The molecule has 0 unspecified atom stereocenters. The van der Waals surface area contributed by atoms with Gasteiger partial charge in [0, 0.05) is 30.1 Å². The molecular weight excluding hydrogens is 385 g/mol. The van der Waals surface area contributed by atoms with Crippen molar-refractivity contribution in [1.29, 1.82) is 0 Å². The number of nitrogens with one attached hydrogen (secondary N) is 2. The maximum absolute atomic E-state index is 13.4. The van der Waals surface area contributed by atoms with Crippen LogP contribution in [-0.4, -0.2) is 22.6 Å². The highest BCUT2D eigenvalue weighted by atomic mass is 19.1. The molecule has 2 aromatic carbocycles. The number of carbonyl (C=O) groups is 3. The van der Waals surface area contributed by atoms with Gasteiger partial charge in [0.25, 0.3) is 11.8 Å². The Morgan fingerprint density at radius 2 is 1.87 bits per heavy atom. The monoisotopic (exact) mass is 401 g/mol. The second-order valence-electron chi connectivity index (χ2n) is 6.69. The van der Waals surface area contributed by atoms with Crippen LogP contribution in [0, 0.1) is 5.82 Å². The zero-order valence-corrected chi connectivity index (χ0v) is 15.7. The summed E-state index contributed by atoms with van der Waals surface area (Å²) in [6.07, 6.45) is 4.60. The predicted octanol–water partition coefficient (Wildman–Crippen LogP) is 3.37. The van der Waals surface area contributed by atoms with Crippen LogP contribution in [0.1, 0.15) is 31.8 Å². The van der Waals surface area contributed by atoms with Crippen molar-refractivity contribution in [2.75, 3.05) is 5.32 Å². The van der Waals surface area contributed by atoms with Crippen LogP contribution in [0.15, 0.2) is 72.6 Å². The lowest BCUT2D eigenvalue weighted by Crippen LogP contribution is -2.28. The summed E-state index contributed by atoms with van der Waals surface area (Å²) in [5.41, 5.74) is 1.98. The van der Waals surface area contributed by atoms with Gasteiger partial charge in [0.05, 0.1) is 11.3 Å². The third-order valence-corrected chi connectivity index (χ3v) is 4.63. The topological polar surface area (TPSA) is 88.2 Å². The average molecular weight is 401 g/mol. The summed E-state index contributed by atoms with van der Waals surface area (Å²) >= 11 is 0. The van der Waals surface area contributed by atoms with Gasteiger partial charge in [-0.3, -0.25) is 19.4 Å². The van der Waals surface area contributed by atoms with Crippen LogP contribution in [0.5, 0.6) is 0 Å². The number of pyridine rings is 1. The quantitative estimate of drug-likeness (QED) is 0.518.